The molecule has 1 atom stereocenters. The number of hydrogen-bond donors (Lipinski definition) is 1. The normalized spacial score (nSPS) is 21.3. The molecule has 0 heterocycles. The summed E-state index contributed by atoms with van der Waals surface area (Å²) < 4.78 is 6.09. The highest BCUT2D eigenvalue weighted by atomic mass is 16.5. The van der Waals surface area contributed by atoms with Gasteiger partial charge in [0.05, 0.1) is 5.60 Å². The molecule has 0 bridgehead atoms. The van der Waals surface area contributed by atoms with Crippen molar-refractivity contribution < 1.29 is 4.74 Å². The van der Waals surface area contributed by atoms with Gasteiger partial charge in [-0.15, -0.1) is 12.3 Å². The third-order valence-corrected chi connectivity index (χ3v) is 3.69. The van der Waals surface area contributed by atoms with E-state index in [0.717, 1.165) is 19.4 Å². The van der Waals surface area contributed by atoms with Gasteiger partial charge in [-0.25, -0.2) is 0 Å². The predicted molar refractivity (Wildman–Crippen MR) is 68.4 cm³/mol. The van der Waals surface area contributed by atoms with Gasteiger partial charge in [-0.1, -0.05) is 19.3 Å². The Morgan fingerprint density at radius 3 is 2.56 bits per heavy atom. The van der Waals surface area contributed by atoms with Crippen LogP contribution in [0, 0.1) is 12.3 Å². The van der Waals surface area contributed by atoms with Crippen LogP contribution in [0.1, 0.15) is 51.9 Å². The van der Waals surface area contributed by atoms with E-state index in [0.29, 0.717) is 6.04 Å². The number of rotatable bonds is 6. The van der Waals surface area contributed by atoms with E-state index in [1.54, 1.807) is 0 Å². The Bertz CT molecular complexity index is 220. The largest absolute Gasteiger partial charge is 0.374 e. The minimum Gasteiger partial charge on any atom is -0.374 e. The average molecular weight is 223 g/mol. The molecule has 1 saturated carbocycles. The molecule has 16 heavy (non-hydrogen) atoms. The number of likely N-dealkylation sites (N-methyl/N-ethyl adjacent to an activating group) is 1. The first-order valence-corrected chi connectivity index (χ1v) is 6.53. The fourth-order valence-corrected chi connectivity index (χ4v) is 2.93. The molecule has 1 aliphatic carbocycles. The minimum atomic E-state index is 0.0403. The van der Waals surface area contributed by atoms with Crippen molar-refractivity contribution in [2.24, 2.45) is 0 Å². The zero-order valence-corrected chi connectivity index (χ0v) is 10.7. The second-order valence-electron chi connectivity index (χ2n) is 4.64. The molecule has 0 aromatic heterocycles. The highest BCUT2D eigenvalue weighted by Gasteiger charge is 2.39. The number of hydrogen-bond acceptors (Lipinski definition) is 2. The molecular weight excluding hydrogens is 198 g/mol. The first-order valence-electron chi connectivity index (χ1n) is 6.53. The van der Waals surface area contributed by atoms with Crippen LogP contribution in [-0.2, 0) is 4.74 Å². The van der Waals surface area contributed by atoms with Crippen LogP contribution in [0.25, 0.3) is 0 Å². The Kier molecular flexibility index (Phi) is 5.87. The summed E-state index contributed by atoms with van der Waals surface area (Å²) in [5.74, 6) is 2.74. The Morgan fingerprint density at radius 1 is 1.38 bits per heavy atom. The van der Waals surface area contributed by atoms with E-state index in [-0.39, 0.29) is 5.60 Å². The van der Waals surface area contributed by atoms with E-state index < -0.39 is 0 Å². The summed E-state index contributed by atoms with van der Waals surface area (Å²) in [7, 11) is 2.02. The SMILES string of the molecule is C#CCCC(NC)C1(OCC)CCCCC1. The van der Waals surface area contributed by atoms with Crippen molar-refractivity contribution in [2.75, 3.05) is 13.7 Å². The topological polar surface area (TPSA) is 21.3 Å². The molecule has 0 spiro atoms. The van der Waals surface area contributed by atoms with Crippen molar-refractivity contribution in [3.8, 4) is 12.3 Å². The molecule has 0 amide bonds. The van der Waals surface area contributed by atoms with Crippen LogP contribution in [0.3, 0.4) is 0 Å². The molecule has 0 saturated heterocycles. The van der Waals surface area contributed by atoms with Crippen LogP contribution in [0.2, 0.25) is 0 Å². The van der Waals surface area contributed by atoms with E-state index in [1.165, 1.54) is 32.1 Å². The van der Waals surface area contributed by atoms with Crippen LogP contribution in [0.4, 0.5) is 0 Å². The van der Waals surface area contributed by atoms with Gasteiger partial charge in [-0.05, 0) is 33.2 Å². The van der Waals surface area contributed by atoms with Crippen molar-refractivity contribution in [3.63, 3.8) is 0 Å². The molecule has 92 valence electrons. The quantitative estimate of drug-likeness (QED) is 0.699. The zero-order valence-electron chi connectivity index (χ0n) is 10.7. The minimum absolute atomic E-state index is 0.0403. The Labute approximate surface area is 100 Å². The fourth-order valence-electron chi connectivity index (χ4n) is 2.93. The first kappa shape index (κ1) is 13.5. The van der Waals surface area contributed by atoms with Crippen molar-refractivity contribution in [1.29, 1.82) is 0 Å². The van der Waals surface area contributed by atoms with Gasteiger partial charge in [0, 0.05) is 19.1 Å². The second-order valence-corrected chi connectivity index (χ2v) is 4.64. The van der Waals surface area contributed by atoms with Crippen molar-refractivity contribution in [1.82, 2.24) is 5.32 Å². The van der Waals surface area contributed by atoms with Gasteiger partial charge < -0.3 is 10.1 Å². The molecule has 0 aromatic rings. The highest BCUT2D eigenvalue weighted by Crippen LogP contribution is 2.36. The van der Waals surface area contributed by atoms with Crippen molar-refractivity contribution in [2.45, 2.75) is 63.5 Å². The molecule has 1 fully saturated rings. The summed E-state index contributed by atoms with van der Waals surface area (Å²) in [6.45, 7) is 2.89. The molecule has 2 nitrogen and oxygen atoms in total. The van der Waals surface area contributed by atoms with E-state index >= 15 is 0 Å². The van der Waals surface area contributed by atoms with Crippen molar-refractivity contribution >= 4 is 0 Å². The average Bonchev–Trinajstić information content (AvgIpc) is 2.31. The third kappa shape index (κ3) is 3.23. The molecule has 1 unspecified atom stereocenters. The highest BCUT2D eigenvalue weighted by molar-refractivity contribution is 4.97. The van der Waals surface area contributed by atoms with Crippen LogP contribution < -0.4 is 5.32 Å². The van der Waals surface area contributed by atoms with Gasteiger partial charge in [-0.3, -0.25) is 0 Å². The number of terminal acetylenes is 1. The summed E-state index contributed by atoms with van der Waals surface area (Å²) in [5.41, 5.74) is 0.0403. The molecule has 1 rings (SSSR count). The number of ether oxygens (including phenoxy) is 1. The summed E-state index contributed by atoms with van der Waals surface area (Å²) >= 11 is 0. The molecule has 1 aliphatic rings. The first-order chi connectivity index (χ1) is 7.79. The maximum Gasteiger partial charge on any atom is 0.0834 e. The predicted octanol–water partition coefficient (Wildman–Crippen LogP) is 2.73. The smallest absolute Gasteiger partial charge is 0.0834 e. The van der Waals surface area contributed by atoms with Crippen LogP contribution >= 0.6 is 0 Å². The van der Waals surface area contributed by atoms with Gasteiger partial charge in [0.2, 0.25) is 0 Å². The zero-order chi connectivity index (χ0) is 11.9. The lowest BCUT2D eigenvalue weighted by atomic mass is 9.77. The van der Waals surface area contributed by atoms with Gasteiger partial charge in [-0.2, -0.15) is 0 Å². The Hall–Kier alpha value is -0.520. The Balaban J connectivity index is 2.67. The van der Waals surface area contributed by atoms with E-state index in [2.05, 4.69) is 18.2 Å². The van der Waals surface area contributed by atoms with Gasteiger partial charge in [0.1, 0.15) is 0 Å². The van der Waals surface area contributed by atoms with E-state index in [9.17, 15) is 0 Å². The van der Waals surface area contributed by atoms with Crippen LogP contribution in [-0.4, -0.2) is 25.3 Å². The lowest BCUT2D eigenvalue weighted by molar-refractivity contribution is -0.0897. The second kappa shape index (κ2) is 6.93. The van der Waals surface area contributed by atoms with Gasteiger partial charge >= 0.3 is 0 Å². The lowest BCUT2D eigenvalue weighted by Crippen LogP contribution is -2.52. The number of nitrogens with one attached hydrogen (secondary N) is 1. The molecule has 0 aromatic carbocycles. The van der Waals surface area contributed by atoms with Crippen LogP contribution in [0.15, 0.2) is 0 Å². The Morgan fingerprint density at radius 2 is 2.06 bits per heavy atom. The monoisotopic (exact) mass is 223 g/mol. The maximum absolute atomic E-state index is 6.09. The molecule has 0 aliphatic heterocycles. The van der Waals surface area contributed by atoms with E-state index in [1.807, 2.05) is 7.05 Å². The molecular formula is C14H25NO. The summed E-state index contributed by atoms with van der Waals surface area (Å²) in [6, 6.07) is 0.406. The summed E-state index contributed by atoms with van der Waals surface area (Å²) in [4.78, 5) is 0. The summed E-state index contributed by atoms with van der Waals surface area (Å²) in [5, 5.41) is 3.41. The molecule has 0 radical (unpaired) electrons. The van der Waals surface area contributed by atoms with Gasteiger partial charge in [0.15, 0.2) is 0 Å². The maximum atomic E-state index is 6.09. The molecule has 2 heteroatoms. The fraction of sp³-hybridized carbons (Fsp3) is 0.857. The lowest BCUT2D eigenvalue weighted by Gasteiger charge is -2.43. The van der Waals surface area contributed by atoms with Gasteiger partial charge in [0.25, 0.3) is 0 Å². The molecule has 1 N–H and O–H groups in total. The standard InChI is InChI=1S/C14H25NO/c1-4-6-10-13(15-3)14(16-5-2)11-8-7-9-12-14/h1,13,15H,5-12H2,2-3H3. The van der Waals surface area contributed by atoms with Crippen LogP contribution in [0.5, 0.6) is 0 Å². The summed E-state index contributed by atoms with van der Waals surface area (Å²) in [6.07, 6.45) is 13.5. The van der Waals surface area contributed by atoms with Crippen molar-refractivity contribution in [3.05, 3.63) is 0 Å². The van der Waals surface area contributed by atoms with E-state index in [4.69, 9.17) is 11.2 Å². The third-order valence-electron chi connectivity index (χ3n) is 3.69.